The summed E-state index contributed by atoms with van der Waals surface area (Å²) in [7, 11) is 1.54. The zero-order chi connectivity index (χ0) is 20.8. The van der Waals surface area contributed by atoms with Crippen molar-refractivity contribution in [3.63, 3.8) is 0 Å². The van der Waals surface area contributed by atoms with Crippen molar-refractivity contribution in [2.75, 3.05) is 13.7 Å². The number of benzene rings is 2. The maximum atomic E-state index is 12.9. The van der Waals surface area contributed by atoms with E-state index in [4.69, 9.17) is 27.9 Å². The number of carbonyl (C=O) groups is 2. The first-order valence-electron chi connectivity index (χ1n) is 8.88. The largest absolute Gasteiger partial charge is 0.484 e. The second kappa shape index (κ2) is 9.80. The van der Waals surface area contributed by atoms with Crippen molar-refractivity contribution in [2.24, 2.45) is 0 Å². The summed E-state index contributed by atoms with van der Waals surface area (Å²) in [5.41, 5.74) is 2.62. The van der Waals surface area contributed by atoms with E-state index in [2.05, 4.69) is 5.32 Å². The third-order valence-corrected chi connectivity index (χ3v) is 5.30. The number of hydrogen-bond donors (Lipinski definition) is 1. The number of aryl methyl sites for hydroxylation is 2. The zero-order valence-electron chi connectivity index (χ0n) is 16.4. The quantitative estimate of drug-likeness (QED) is 0.728. The van der Waals surface area contributed by atoms with Crippen LogP contribution in [0.3, 0.4) is 0 Å². The molecule has 0 fully saturated rings. The molecule has 2 amide bonds. The number of carbonyl (C=O) groups excluding carboxylic acids is 2. The van der Waals surface area contributed by atoms with Crippen LogP contribution in [-0.2, 0) is 16.1 Å². The Labute approximate surface area is 175 Å². The highest BCUT2D eigenvalue weighted by Gasteiger charge is 2.26. The highest BCUT2D eigenvalue weighted by Crippen LogP contribution is 2.26. The van der Waals surface area contributed by atoms with Gasteiger partial charge in [0.15, 0.2) is 6.61 Å². The SMILES string of the molecule is CNC(=O)C(C)N(Cc1ccc(Cl)cc1)C(=O)COc1cc(C)c(Cl)c(C)c1. The van der Waals surface area contributed by atoms with Crippen molar-refractivity contribution in [1.82, 2.24) is 10.2 Å². The second-order valence-corrected chi connectivity index (χ2v) is 7.41. The first-order chi connectivity index (χ1) is 13.2. The zero-order valence-corrected chi connectivity index (χ0v) is 17.9. The van der Waals surface area contributed by atoms with Gasteiger partial charge in [0.05, 0.1) is 0 Å². The average molecular weight is 423 g/mol. The molecule has 0 aromatic heterocycles. The molecule has 1 unspecified atom stereocenters. The number of halogens is 2. The van der Waals surface area contributed by atoms with Crippen LogP contribution in [0.5, 0.6) is 5.75 Å². The lowest BCUT2D eigenvalue weighted by atomic mass is 10.1. The monoisotopic (exact) mass is 422 g/mol. The Morgan fingerprint density at radius 1 is 1.11 bits per heavy atom. The van der Waals surface area contributed by atoms with Crippen molar-refractivity contribution >= 4 is 35.0 Å². The van der Waals surface area contributed by atoms with Crippen LogP contribution in [0.4, 0.5) is 0 Å². The lowest BCUT2D eigenvalue weighted by Crippen LogP contribution is -2.48. The molecule has 2 aromatic carbocycles. The molecule has 2 rings (SSSR count). The van der Waals surface area contributed by atoms with Crippen LogP contribution >= 0.6 is 23.2 Å². The summed E-state index contributed by atoms with van der Waals surface area (Å²) in [5.74, 6) is 0.0172. The van der Waals surface area contributed by atoms with Gasteiger partial charge in [-0.25, -0.2) is 0 Å². The number of nitrogens with one attached hydrogen (secondary N) is 1. The Balaban J connectivity index is 2.16. The molecule has 0 aliphatic rings. The highest BCUT2D eigenvalue weighted by atomic mass is 35.5. The van der Waals surface area contributed by atoms with E-state index in [1.54, 1.807) is 38.2 Å². The molecule has 5 nitrogen and oxygen atoms in total. The van der Waals surface area contributed by atoms with Gasteiger partial charge in [0, 0.05) is 23.6 Å². The molecular formula is C21H24Cl2N2O3. The van der Waals surface area contributed by atoms with Gasteiger partial charge in [-0.05, 0) is 61.7 Å². The Kier molecular flexibility index (Phi) is 7.72. The molecule has 0 spiro atoms. The van der Waals surface area contributed by atoms with Crippen molar-refractivity contribution in [3.05, 3.63) is 63.1 Å². The van der Waals surface area contributed by atoms with Gasteiger partial charge < -0.3 is 15.0 Å². The van der Waals surface area contributed by atoms with Gasteiger partial charge in [0.2, 0.25) is 5.91 Å². The van der Waals surface area contributed by atoms with Crippen LogP contribution in [-0.4, -0.2) is 36.4 Å². The van der Waals surface area contributed by atoms with Crippen molar-refractivity contribution in [3.8, 4) is 5.75 Å². The number of rotatable bonds is 7. The summed E-state index contributed by atoms with van der Waals surface area (Å²) in [4.78, 5) is 26.5. The smallest absolute Gasteiger partial charge is 0.261 e. The summed E-state index contributed by atoms with van der Waals surface area (Å²) in [6.45, 7) is 5.53. The van der Waals surface area contributed by atoms with Gasteiger partial charge in [-0.2, -0.15) is 0 Å². The molecule has 0 heterocycles. The van der Waals surface area contributed by atoms with Crippen molar-refractivity contribution < 1.29 is 14.3 Å². The number of hydrogen-bond acceptors (Lipinski definition) is 3. The van der Waals surface area contributed by atoms with Gasteiger partial charge in [-0.3, -0.25) is 9.59 Å². The molecule has 0 radical (unpaired) electrons. The maximum Gasteiger partial charge on any atom is 0.261 e. The van der Waals surface area contributed by atoms with Gasteiger partial charge in [-0.15, -0.1) is 0 Å². The van der Waals surface area contributed by atoms with E-state index in [0.29, 0.717) is 15.8 Å². The Bertz CT molecular complexity index is 830. The van der Waals surface area contributed by atoms with Crippen molar-refractivity contribution in [2.45, 2.75) is 33.4 Å². The standard InChI is InChI=1S/C21H24Cl2N2O3/c1-13-9-18(10-14(2)20(13)23)28-12-19(26)25(15(3)21(27)24-4)11-16-5-7-17(22)8-6-16/h5-10,15H,11-12H2,1-4H3,(H,24,27). The molecule has 0 saturated carbocycles. The van der Waals surface area contributed by atoms with Crippen LogP contribution in [0.2, 0.25) is 10.0 Å². The summed E-state index contributed by atoms with van der Waals surface area (Å²) in [6, 6.07) is 10.1. The van der Waals surface area contributed by atoms with E-state index in [1.807, 2.05) is 26.0 Å². The van der Waals surface area contributed by atoms with Crippen molar-refractivity contribution in [1.29, 1.82) is 0 Å². The molecule has 0 aliphatic carbocycles. The second-order valence-electron chi connectivity index (χ2n) is 6.60. The predicted octanol–water partition coefficient (Wildman–Crippen LogP) is 4.15. The molecule has 1 atom stereocenters. The van der Waals surface area contributed by atoms with Gasteiger partial charge >= 0.3 is 0 Å². The fourth-order valence-corrected chi connectivity index (χ4v) is 3.03. The normalized spacial score (nSPS) is 11.6. The number of likely N-dealkylation sites (N-methyl/N-ethyl adjacent to an activating group) is 1. The molecular weight excluding hydrogens is 399 g/mol. The van der Waals surface area contributed by atoms with E-state index >= 15 is 0 Å². The van der Waals surface area contributed by atoms with Gasteiger partial charge in [0.1, 0.15) is 11.8 Å². The summed E-state index contributed by atoms with van der Waals surface area (Å²) < 4.78 is 5.68. The third kappa shape index (κ3) is 5.63. The molecule has 28 heavy (non-hydrogen) atoms. The van der Waals surface area contributed by atoms with E-state index in [-0.39, 0.29) is 25.0 Å². The van der Waals surface area contributed by atoms with E-state index in [0.717, 1.165) is 16.7 Å². The molecule has 7 heteroatoms. The first kappa shape index (κ1) is 22.1. The molecule has 0 saturated heterocycles. The Hall–Kier alpha value is -2.24. The molecule has 0 aliphatic heterocycles. The van der Waals surface area contributed by atoms with Gasteiger partial charge in [-0.1, -0.05) is 35.3 Å². The fourth-order valence-electron chi connectivity index (χ4n) is 2.80. The fraction of sp³-hybridized carbons (Fsp3) is 0.333. The molecule has 0 bridgehead atoms. The topological polar surface area (TPSA) is 58.6 Å². The third-order valence-electron chi connectivity index (χ3n) is 4.45. The van der Waals surface area contributed by atoms with Gasteiger partial charge in [0.25, 0.3) is 5.91 Å². The summed E-state index contributed by atoms with van der Waals surface area (Å²) in [5, 5.41) is 3.87. The van der Waals surface area contributed by atoms with E-state index in [1.165, 1.54) is 4.90 Å². The lowest BCUT2D eigenvalue weighted by Gasteiger charge is -2.28. The minimum atomic E-state index is -0.648. The molecule has 2 aromatic rings. The summed E-state index contributed by atoms with van der Waals surface area (Å²) in [6.07, 6.45) is 0. The number of ether oxygens (including phenoxy) is 1. The van der Waals surface area contributed by atoms with E-state index < -0.39 is 6.04 Å². The lowest BCUT2D eigenvalue weighted by molar-refractivity contribution is -0.142. The minimum Gasteiger partial charge on any atom is -0.484 e. The van der Waals surface area contributed by atoms with Crippen LogP contribution in [0, 0.1) is 13.8 Å². The van der Waals surface area contributed by atoms with Crippen LogP contribution < -0.4 is 10.1 Å². The van der Waals surface area contributed by atoms with Crippen LogP contribution in [0.25, 0.3) is 0 Å². The Morgan fingerprint density at radius 2 is 1.68 bits per heavy atom. The van der Waals surface area contributed by atoms with Crippen LogP contribution in [0.15, 0.2) is 36.4 Å². The van der Waals surface area contributed by atoms with E-state index in [9.17, 15) is 9.59 Å². The Morgan fingerprint density at radius 3 is 2.21 bits per heavy atom. The first-order valence-corrected chi connectivity index (χ1v) is 9.63. The predicted molar refractivity (Wildman–Crippen MR) is 112 cm³/mol. The number of amides is 2. The number of nitrogens with zero attached hydrogens (tertiary/aromatic N) is 1. The molecule has 1 N–H and O–H groups in total. The van der Waals surface area contributed by atoms with Crippen LogP contribution in [0.1, 0.15) is 23.6 Å². The minimum absolute atomic E-state index is 0.185. The maximum absolute atomic E-state index is 12.9. The highest BCUT2D eigenvalue weighted by molar-refractivity contribution is 6.32. The summed E-state index contributed by atoms with van der Waals surface area (Å²) >= 11 is 12.1. The molecule has 150 valence electrons. The average Bonchev–Trinajstić information content (AvgIpc) is 2.68.